The van der Waals surface area contributed by atoms with Crippen LogP contribution in [-0.4, -0.2) is 28.1 Å². The van der Waals surface area contributed by atoms with Gasteiger partial charge in [0.15, 0.2) is 0 Å². The molecular weight excluding hydrogens is 412 g/mol. The molecule has 9 heteroatoms. The number of hydrogen-bond acceptors (Lipinski definition) is 6. The van der Waals surface area contributed by atoms with Crippen molar-refractivity contribution in [3.63, 3.8) is 0 Å². The van der Waals surface area contributed by atoms with E-state index in [1.165, 1.54) is 23.1 Å². The quantitative estimate of drug-likeness (QED) is 0.237. The minimum atomic E-state index is -0.895. The highest BCUT2D eigenvalue weighted by molar-refractivity contribution is 6.53. The molecule has 2 aliphatic rings. The molecule has 30 heavy (non-hydrogen) atoms. The number of rotatable bonds is 3. The smallest absolute Gasteiger partial charge is 0.345 e. The molecule has 0 saturated carbocycles. The number of non-ortho nitro benzene ring substituents is 1. The zero-order valence-corrected chi connectivity index (χ0v) is 17.1. The van der Waals surface area contributed by atoms with Crippen LogP contribution >= 0.6 is 11.6 Å². The maximum Gasteiger partial charge on any atom is 0.345 e. The number of ether oxygens (including phenoxy) is 1. The van der Waals surface area contributed by atoms with Gasteiger partial charge in [-0.3, -0.25) is 24.6 Å². The van der Waals surface area contributed by atoms with Gasteiger partial charge in [0.1, 0.15) is 5.75 Å². The first-order chi connectivity index (χ1) is 14.0. The van der Waals surface area contributed by atoms with Crippen molar-refractivity contribution >= 4 is 40.6 Å². The van der Waals surface area contributed by atoms with Gasteiger partial charge in [-0.15, -0.1) is 0 Å². The number of carbonyl (C=O) groups excluding carboxylic acids is 3. The van der Waals surface area contributed by atoms with Crippen molar-refractivity contribution in [3.8, 4) is 5.75 Å². The van der Waals surface area contributed by atoms with E-state index in [2.05, 4.69) is 0 Å². The lowest BCUT2D eigenvalue weighted by Crippen LogP contribution is -2.50. The summed E-state index contributed by atoms with van der Waals surface area (Å²) >= 11 is 6.01. The van der Waals surface area contributed by atoms with Crippen LogP contribution < -0.4 is 9.64 Å². The van der Waals surface area contributed by atoms with Crippen LogP contribution in [0.3, 0.4) is 0 Å². The summed E-state index contributed by atoms with van der Waals surface area (Å²) in [7, 11) is 0. The molecule has 1 unspecified atom stereocenters. The Balaban J connectivity index is 1.76. The van der Waals surface area contributed by atoms with Gasteiger partial charge in [0.25, 0.3) is 17.4 Å². The number of benzene rings is 2. The number of Topliss-reactive ketones (excluding diaryl/α,β-unsaturated/α-hetero) is 1. The third kappa shape index (κ3) is 2.95. The first-order valence-corrected chi connectivity index (χ1v) is 9.62. The normalized spacial score (nSPS) is 18.9. The Hall–Kier alpha value is -3.26. The largest absolute Gasteiger partial charge is 0.423 e. The summed E-state index contributed by atoms with van der Waals surface area (Å²) in [4.78, 5) is 49.7. The Morgan fingerprint density at radius 3 is 2.63 bits per heavy atom. The molecule has 2 aromatic rings. The maximum absolute atomic E-state index is 12.6. The van der Waals surface area contributed by atoms with E-state index in [1.54, 1.807) is 6.07 Å². The van der Waals surface area contributed by atoms with Gasteiger partial charge < -0.3 is 4.74 Å². The van der Waals surface area contributed by atoms with Crippen LogP contribution in [0, 0.1) is 10.1 Å². The molecule has 0 spiro atoms. The number of nitro groups is 1. The lowest BCUT2D eigenvalue weighted by atomic mass is 9.80. The molecule has 2 heterocycles. The summed E-state index contributed by atoms with van der Waals surface area (Å²) in [5, 5.41) is 11.0. The number of halogens is 1. The van der Waals surface area contributed by atoms with E-state index in [0.29, 0.717) is 12.1 Å². The van der Waals surface area contributed by atoms with Crippen LogP contribution in [0.25, 0.3) is 0 Å². The summed E-state index contributed by atoms with van der Waals surface area (Å²) in [6.07, 6.45) is 0.632. The lowest BCUT2D eigenvalue weighted by molar-refractivity contribution is -0.384. The molecule has 0 aliphatic carbocycles. The van der Waals surface area contributed by atoms with Gasteiger partial charge in [-0.05, 0) is 49.9 Å². The van der Waals surface area contributed by atoms with Gasteiger partial charge in [-0.2, -0.15) is 0 Å². The number of amides is 1. The predicted octanol–water partition coefficient (Wildman–Crippen LogP) is 4.28. The molecule has 2 aliphatic heterocycles. The SMILES string of the molecule is CC1CC(C)(C)N2C(=O)C(=O)c3cc(OC(=O)c4cc([N+](=O)[O-])ccc4Cl)cc1c32. The van der Waals surface area contributed by atoms with Crippen LogP contribution in [-0.2, 0) is 4.79 Å². The molecule has 0 aromatic heterocycles. The molecule has 154 valence electrons. The van der Waals surface area contributed by atoms with Crippen molar-refractivity contribution in [2.45, 2.75) is 38.6 Å². The topological polar surface area (TPSA) is 107 Å². The van der Waals surface area contributed by atoms with Crippen LogP contribution in [0.2, 0.25) is 5.02 Å². The van der Waals surface area contributed by atoms with Crippen molar-refractivity contribution in [1.29, 1.82) is 0 Å². The minimum Gasteiger partial charge on any atom is -0.423 e. The molecular formula is C21H17ClN2O6. The third-order valence-electron chi connectivity index (χ3n) is 5.51. The van der Waals surface area contributed by atoms with E-state index in [0.717, 1.165) is 11.6 Å². The number of nitrogens with zero attached hydrogens (tertiary/aromatic N) is 2. The maximum atomic E-state index is 12.6. The molecule has 2 aromatic carbocycles. The molecule has 0 radical (unpaired) electrons. The standard InChI is InChI=1S/C21H17ClN2O6/c1-10-9-21(2,3)23-17-13(10)7-12(8-15(17)18(25)19(23)26)30-20(27)14-6-11(24(28)29)4-5-16(14)22/h4-8,10H,9H2,1-3H3. The molecule has 0 saturated heterocycles. The zero-order valence-electron chi connectivity index (χ0n) is 16.4. The van der Waals surface area contributed by atoms with Gasteiger partial charge in [0.2, 0.25) is 0 Å². The average molecular weight is 429 g/mol. The fourth-order valence-corrected chi connectivity index (χ4v) is 4.47. The van der Waals surface area contributed by atoms with E-state index in [1.807, 2.05) is 20.8 Å². The highest BCUT2D eigenvalue weighted by atomic mass is 35.5. The second kappa shape index (κ2) is 6.63. The van der Waals surface area contributed by atoms with Crippen LogP contribution in [0.5, 0.6) is 5.75 Å². The van der Waals surface area contributed by atoms with Crippen molar-refractivity contribution in [1.82, 2.24) is 0 Å². The van der Waals surface area contributed by atoms with Gasteiger partial charge in [-0.1, -0.05) is 18.5 Å². The number of esters is 1. The Labute approximate surface area is 176 Å². The molecule has 4 rings (SSSR count). The molecule has 0 fully saturated rings. The van der Waals surface area contributed by atoms with Crippen molar-refractivity contribution in [2.75, 3.05) is 4.90 Å². The Morgan fingerprint density at radius 2 is 1.97 bits per heavy atom. The van der Waals surface area contributed by atoms with Gasteiger partial charge in [0.05, 0.1) is 26.8 Å². The summed E-state index contributed by atoms with van der Waals surface area (Å²) in [5.74, 6) is -2.06. The first kappa shape index (κ1) is 20.0. The molecule has 0 bridgehead atoms. The number of carbonyl (C=O) groups is 3. The van der Waals surface area contributed by atoms with E-state index in [4.69, 9.17) is 16.3 Å². The second-order valence-electron chi connectivity index (χ2n) is 8.11. The number of hydrogen-bond donors (Lipinski definition) is 0. The Kier molecular flexibility index (Phi) is 4.43. The zero-order chi connectivity index (χ0) is 22.0. The van der Waals surface area contributed by atoms with Crippen LogP contribution in [0.1, 0.15) is 59.4 Å². The predicted molar refractivity (Wildman–Crippen MR) is 108 cm³/mol. The summed E-state index contributed by atoms with van der Waals surface area (Å²) in [6, 6.07) is 6.44. The van der Waals surface area contributed by atoms with Crippen molar-refractivity contribution in [3.05, 3.63) is 62.2 Å². The fraction of sp³-hybridized carbons (Fsp3) is 0.286. The van der Waals surface area contributed by atoms with E-state index in [-0.39, 0.29) is 33.5 Å². The number of anilines is 1. The molecule has 0 N–H and O–H groups in total. The van der Waals surface area contributed by atoms with Crippen LogP contribution in [0.4, 0.5) is 11.4 Å². The highest BCUT2D eigenvalue weighted by Gasteiger charge is 2.49. The van der Waals surface area contributed by atoms with E-state index >= 15 is 0 Å². The third-order valence-corrected chi connectivity index (χ3v) is 5.84. The Morgan fingerprint density at radius 1 is 1.27 bits per heavy atom. The van der Waals surface area contributed by atoms with Crippen molar-refractivity contribution < 1.29 is 24.0 Å². The van der Waals surface area contributed by atoms with Gasteiger partial charge in [0, 0.05) is 17.7 Å². The fourth-order valence-electron chi connectivity index (χ4n) is 4.28. The van der Waals surface area contributed by atoms with Crippen LogP contribution in [0.15, 0.2) is 30.3 Å². The van der Waals surface area contributed by atoms with Crippen molar-refractivity contribution in [2.24, 2.45) is 0 Å². The Bertz CT molecular complexity index is 1160. The second-order valence-corrected chi connectivity index (χ2v) is 8.51. The lowest BCUT2D eigenvalue weighted by Gasteiger charge is -2.43. The van der Waals surface area contributed by atoms with E-state index in [9.17, 15) is 24.5 Å². The summed E-state index contributed by atoms with van der Waals surface area (Å²) in [5.41, 5.74) is 0.492. The molecule has 1 amide bonds. The summed E-state index contributed by atoms with van der Waals surface area (Å²) in [6.45, 7) is 5.79. The van der Waals surface area contributed by atoms with Gasteiger partial charge in [-0.25, -0.2) is 4.79 Å². The molecule has 1 atom stereocenters. The average Bonchev–Trinajstić information content (AvgIpc) is 2.92. The molecule has 8 nitrogen and oxygen atoms in total. The first-order valence-electron chi connectivity index (χ1n) is 9.24. The number of nitro benzene ring substituents is 1. The number of ketones is 1. The summed E-state index contributed by atoms with van der Waals surface area (Å²) < 4.78 is 5.40. The minimum absolute atomic E-state index is 0.000599. The monoisotopic (exact) mass is 428 g/mol. The van der Waals surface area contributed by atoms with E-state index < -0.39 is 28.1 Å². The highest BCUT2D eigenvalue weighted by Crippen LogP contribution is 2.49. The van der Waals surface area contributed by atoms with Gasteiger partial charge >= 0.3 is 5.97 Å².